The third-order valence-corrected chi connectivity index (χ3v) is 4.21. The van der Waals surface area contributed by atoms with Gasteiger partial charge in [-0.15, -0.1) is 0 Å². The number of halogens is 2. The maximum Gasteiger partial charge on any atom is 0.125 e. The van der Waals surface area contributed by atoms with Crippen LogP contribution in [0.1, 0.15) is 30.7 Å². The van der Waals surface area contributed by atoms with Gasteiger partial charge in [0.2, 0.25) is 0 Å². The van der Waals surface area contributed by atoms with Crippen LogP contribution in [0.25, 0.3) is 11.1 Å². The summed E-state index contributed by atoms with van der Waals surface area (Å²) in [6.45, 7) is 0. The molecule has 2 aromatic carbocycles. The number of rotatable bonds is 2. The summed E-state index contributed by atoms with van der Waals surface area (Å²) in [5.74, 6) is 0.333. The standard InChI is InChI=1S/C16H15ClFN/c17-15-9-13(18)8-14(16(15)19)12-6-4-11(5-7-12)10-2-1-3-10/h4-10H,1-3,19H2. The van der Waals surface area contributed by atoms with E-state index in [1.807, 2.05) is 12.1 Å². The molecule has 19 heavy (non-hydrogen) atoms. The Bertz CT molecular complexity index is 603. The van der Waals surface area contributed by atoms with Crippen LogP contribution < -0.4 is 5.73 Å². The zero-order valence-corrected chi connectivity index (χ0v) is 11.3. The molecule has 3 rings (SSSR count). The van der Waals surface area contributed by atoms with Crippen molar-refractivity contribution in [2.75, 3.05) is 5.73 Å². The highest BCUT2D eigenvalue weighted by molar-refractivity contribution is 6.33. The van der Waals surface area contributed by atoms with Gasteiger partial charge in [0.1, 0.15) is 5.82 Å². The molecule has 0 saturated heterocycles. The highest BCUT2D eigenvalue weighted by Gasteiger charge is 2.19. The van der Waals surface area contributed by atoms with Gasteiger partial charge in [0.25, 0.3) is 0 Å². The molecule has 0 unspecified atom stereocenters. The van der Waals surface area contributed by atoms with Gasteiger partial charge in [-0.05, 0) is 42.0 Å². The van der Waals surface area contributed by atoms with Gasteiger partial charge in [0.05, 0.1) is 10.7 Å². The van der Waals surface area contributed by atoms with Gasteiger partial charge in [-0.25, -0.2) is 4.39 Å². The van der Waals surface area contributed by atoms with Crippen LogP contribution in [0.2, 0.25) is 5.02 Å². The zero-order valence-electron chi connectivity index (χ0n) is 10.5. The lowest BCUT2D eigenvalue weighted by Crippen LogP contribution is -2.08. The average Bonchev–Trinajstić information content (AvgIpc) is 2.33. The van der Waals surface area contributed by atoms with Crippen LogP contribution in [0.15, 0.2) is 36.4 Å². The van der Waals surface area contributed by atoms with E-state index in [1.54, 1.807) is 0 Å². The summed E-state index contributed by atoms with van der Waals surface area (Å²) in [6.07, 6.45) is 3.86. The number of anilines is 1. The Balaban J connectivity index is 1.97. The average molecular weight is 276 g/mol. The molecular weight excluding hydrogens is 261 g/mol. The van der Waals surface area contributed by atoms with E-state index in [4.69, 9.17) is 17.3 Å². The van der Waals surface area contributed by atoms with Crippen molar-refractivity contribution in [1.82, 2.24) is 0 Å². The van der Waals surface area contributed by atoms with Gasteiger partial charge in [-0.2, -0.15) is 0 Å². The van der Waals surface area contributed by atoms with Gasteiger partial charge in [0.15, 0.2) is 0 Å². The van der Waals surface area contributed by atoms with Crippen LogP contribution in [0, 0.1) is 5.82 Å². The molecule has 3 heteroatoms. The number of nitrogens with two attached hydrogens (primary N) is 1. The smallest absolute Gasteiger partial charge is 0.125 e. The molecule has 1 saturated carbocycles. The van der Waals surface area contributed by atoms with E-state index in [9.17, 15) is 4.39 Å². The molecule has 0 bridgehead atoms. The van der Waals surface area contributed by atoms with E-state index in [-0.39, 0.29) is 10.8 Å². The third-order valence-electron chi connectivity index (χ3n) is 3.89. The van der Waals surface area contributed by atoms with E-state index in [0.29, 0.717) is 17.2 Å². The predicted molar refractivity (Wildman–Crippen MR) is 77.9 cm³/mol. The summed E-state index contributed by atoms with van der Waals surface area (Å²) in [4.78, 5) is 0. The summed E-state index contributed by atoms with van der Waals surface area (Å²) in [5.41, 5.74) is 9.27. The van der Waals surface area contributed by atoms with E-state index in [0.717, 1.165) is 5.56 Å². The van der Waals surface area contributed by atoms with Gasteiger partial charge in [-0.3, -0.25) is 0 Å². The third kappa shape index (κ3) is 2.33. The van der Waals surface area contributed by atoms with E-state index < -0.39 is 0 Å². The zero-order chi connectivity index (χ0) is 13.4. The fourth-order valence-electron chi connectivity index (χ4n) is 2.50. The minimum Gasteiger partial charge on any atom is -0.397 e. The topological polar surface area (TPSA) is 26.0 Å². The lowest BCUT2D eigenvalue weighted by molar-refractivity contribution is 0.420. The second kappa shape index (κ2) is 4.86. The van der Waals surface area contributed by atoms with Crippen molar-refractivity contribution in [2.24, 2.45) is 0 Å². The molecule has 1 nitrogen and oxygen atoms in total. The highest BCUT2D eigenvalue weighted by Crippen LogP contribution is 2.38. The molecule has 1 fully saturated rings. The molecule has 0 radical (unpaired) electrons. The minimum atomic E-state index is -0.364. The summed E-state index contributed by atoms with van der Waals surface area (Å²) in [7, 11) is 0. The Morgan fingerprint density at radius 1 is 1.11 bits per heavy atom. The first kappa shape index (κ1) is 12.5. The minimum absolute atomic E-state index is 0.262. The summed E-state index contributed by atoms with van der Waals surface area (Å²) in [5, 5.41) is 0.262. The quantitative estimate of drug-likeness (QED) is 0.767. The second-order valence-electron chi connectivity index (χ2n) is 5.10. The van der Waals surface area contributed by atoms with Gasteiger partial charge in [-0.1, -0.05) is 42.3 Å². The van der Waals surface area contributed by atoms with Crippen LogP contribution in [0.5, 0.6) is 0 Å². The Labute approximate surface area is 117 Å². The number of nitrogen functional groups attached to an aromatic ring is 1. The molecule has 2 N–H and O–H groups in total. The fourth-order valence-corrected chi connectivity index (χ4v) is 2.71. The van der Waals surface area contributed by atoms with Crippen molar-refractivity contribution >= 4 is 17.3 Å². The largest absolute Gasteiger partial charge is 0.397 e. The van der Waals surface area contributed by atoms with Crippen molar-refractivity contribution in [3.05, 3.63) is 52.8 Å². The van der Waals surface area contributed by atoms with Crippen molar-refractivity contribution in [3.8, 4) is 11.1 Å². The summed E-state index contributed by atoms with van der Waals surface area (Å²) >= 11 is 5.92. The lowest BCUT2D eigenvalue weighted by atomic mass is 9.80. The Morgan fingerprint density at radius 2 is 1.79 bits per heavy atom. The molecule has 0 heterocycles. The van der Waals surface area contributed by atoms with Crippen molar-refractivity contribution in [3.63, 3.8) is 0 Å². The first-order valence-electron chi connectivity index (χ1n) is 6.50. The van der Waals surface area contributed by atoms with Crippen LogP contribution >= 0.6 is 11.6 Å². The van der Waals surface area contributed by atoms with Crippen molar-refractivity contribution in [1.29, 1.82) is 0 Å². The lowest BCUT2D eigenvalue weighted by Gasteiger charge is -2.25. The van der Waals surface area contributed by atoms with Gasteiger partial charge in [0, 0.05) is 5.56 Å². The molecule has 2 aromatic rings. The number of benzene rings is 2. The molecule has 0 aliphatic heterocycles. The summed E-state index contributed by atoms with van der Waals surface area (Å²) < 4.78 is 13.4. The molecule has 0 spiro atoms. The maximum absolute atomic E-state index is 13.4. The maximum atomic E-state index is 13.4. The fraction of sp³-hybridized carbons (Fsp3) is 0.250. The molecule has 98 valence electrons. The van der Waals surface area contributed by atoms with Crippen LogP contribution in [0.3, 0.4) is 0 Å². The molecular formula is C16H15ClFN. The predicted octanol–water partition coefficient (Wildman–Crippen LogP) is 5.00. The van der Waals surface area contributed by atoms with Crippen LogP contribution in [-0.4, -0.2) is 0 Å². The van der Waals surface area contributed by atoms with E-state index >= 15 is 0 Å². The Morgan fingerprint density at radius 3 is 2.37 bits per heavy atom. The van der Waals surface area contributed by atoms with Gasteiger partial charge < -0.3 is 5.73 Å². The normalized spacial score (nSPS) is 15.3. The molecule has 0 amide bonds. The second-order valence-corrected chi connectivity index (χ2v) is 5.51. The SMILES string of the molecule is Nc1c(Cl)cc(F)cc1-c1ccc(C2CCC2)cc1. The summed E-state index contributed by atoms with van der Waals surface area (Å²) in [6, 6.07) is 10.9. The van der Waals surface area contributed by atoms with E-state index in [2.05, 4.69) is 12.1 Å². The van der Waals surface area contributed by atoms with Crippen molar-refractivity contribution < 1.29 is 4.39 Å². The van der Waals surface area contributed by atoms with Crippen LogP contribution in [-0.2, 0) is 0 Å². The van der Waals surface area contributed by atoms with E-state index in [1.165, 1.54) is 37.0 Å². The first-order chi connectivity index (χ1) is 9.15. The first-order valence-corrected chi connectivity index (χ1v) is 6.88. The van der Waals surface area contributed by atoms with Crippen molar-refractivity contribution in [2.45, 2.75) is 25.2 Å². The number of hydrogen-bond acceptors (Lipinski definition) is 1. The monoisotopic (exact) mass is 275 g/mol. The molecule has 1 aliphatic carbocycles. The molecule has 0 aromatic heterocycles. The van der Waals surface area contributed by atoms with Gasteiger partial charge >= 0.3 is 0 Å². The Kier molecular flexibility index (Phi) is 3.19. The molecule has 1 aliphatic rings. The Hall–Kier alpha value is -1.54. The molecule has 0 atom stereocenters. The highest BCUT2D eigenvalue weighted by atomic mass is 35.5. The van der Waals surface area contributed by atoms with Crippen LogP contribution in [0.4, 0.5) is 10.1 Å². The number of hydrogen-bond donors (Lipinski definition) is 1.